The number of hydrogen-bond acceptors (Lipinski definition) is 5. The van der Waals surface area contributed by atoms with E-state index >= 15 is 0 Å². The number of ether oxygens (including phenoxy) is 1. The first-order valence-electron chi connectivity index (χ1n) is 12.8. The molecule has 36 heavy (non-hydrogen) atoms. The molecule has 8 nitrogen and oxygen atoms in total. The topological polar surface area (TPSA) is 72.1 Å². The molecule has 8 heteroatoms. The van der Waals surface area contributed by atoms with Crippen LogP contribution in [-0.4, -0.2) is 96.0 Å². The Morgan fingerprint density at radius 2 is 1.72 bits per heavy atom. The molecule has 2 unspecified atom stereocenters. The second-order valence-electron chi connectivity index (χ2n) is 10.1. The largest absolute Gasteiger partial charge is 0.497 e. The molecule has 0 spiro atoms. The number of likely N-dealkylation sites (N-methyl/N-ethyl adjacent to an activating group) is 1. The van der Waals surface area contributed by atoms with Crippen molar-refractivity contribution in [3.63, 3.8) is 0 Å². The fourth-order valence-corrected chi connectivity index (χ4v) is 5.99. The van der Waals surface area contributed by atoms with E-state index in [1.807, 2.05) is 36.4 Å². The van der Waals surface area contributed by atoms with Crippen molar-refractivity contribution >= 4 is 22.8 Å². The number of rotatable bonds is 6. The van der Waals surface area contributed by atoms with Gasteiger partial charge >= 0.3 is 6.03 Å². The van der Waals surface area contributed by atoms with E-state index < -0.39 is 6.04 Å². The molecule has 3 aromatic rings. The number of H-pyrrole nitrogens is 1. The predicted molar refractivity (Wildman–Crippen MR) is 138 cm³/mol. The van der Waals surface area contributed by atoms with E-state index in [4.69, 9.17) is 4.74 Å². The van der Waals surface area contributed by atoms with Crippen molar-refractivity contribution in [1.82, 2.24) is 24.6 Å². The molecule has 2 saturated heterocycles. The number of para-hydroxylation sites is 1. The number of hydrogen-bond donors (Lipinski definition) is 1. The third kappa shape index (κ3) is 3.85. The lowest BCUT2D eigenvalue weighted by Crippen LogP contribution is -2.45. The number of piperazine rings is 1. The van der Waals surface area contributed by atoms with Crippen molar-refractivity contribution in [2.45, 2.75) is 24.9 Å². The number of aromatic amines is 1. The lowest BCUT2D eigenvalue weighted by atomic mass is 9.89. The minimum absolute atomic E-state index is 0.0761. The van der Waals surface area contributed by atoms with E-state index in [0.717, 1.165) is 72.6 Å². The van der Waals surface area contributed by atoms with Crippen LogP contribution in [0.15, 0.2) is 48.5 Å². The maximum Gasteiger partial charge on any atom is 0.328 e. The van der Waals surface area contributed by atoms with Gasteiger partial charge in [0, 0.05) is 55.7 Å². The molecule has 0 bridgehead atoms. The highest BCUT2D eigenvalue weighted by Gasteiger charge is 2.52. The van der Waals surface area contributed by atoms with Crippen LogP contribution in [0.2, 0.25) is 0 Å². The Morgan fingerprint density at radius 1 is 0.972 bits per heavy atom. The second-order valence-corrected chi connectivity index (χ2v) is 10.1. The van der Waals surface area contributed by atoms with Gasteiger partial charge in [-0.05, 0) is 49.3 Å². The molecule has 1 aromatic heterocycles. The van der Waals surface area contributed by atoms with Gasteiger partial charge in [-0.3, -0.25) is 14.6 Å². The summed E-state index contributed by atoms with van der Waals surface area (Å²) >= 11 is 0. The smallest absolute Gasteiger partial charge is 0.328 e. The van der Waals surface area contributed by atoms with Crippen molar-refractivity contribution in [2.24, 2.45) is 0 Å². The van der Waals surface area contributed by atoms with E-state index in [1.54, 1.807) is 12.0 Å². The molecule has 2 fully saturated rings. The summed E-state index contributed by atoms with van der Waals surface area (Å²) in [5.41, 5.74) is 4.13. The number of methoxy groups -OCH3 is 1. The molecule has 3 amide bonds. The summed E-state index contributed by atoms with van der Waals surface area (Å²) in [4.78, 5) is 39.0. The maximum atomic E-state index is 13.8. The lowest BCUT2D eigenvalue weighted by molar-refractivity contribution is -0.128. The first kappa shape index (κ1) is 23.1. The number of benzene rings is 2. The predicted octanol–water partition coefficient (Wildman–Crippen LogP) is 3.09. The number of nitrogens with zero attached hydrogens (tertiary/aromatic N) is 4. The number of fused-ring (bicyclic) bond motifs is 4. The van der Waals surface area contributed by atoms with Crippen molar-refractivity contribution in [3.8, 4) is 5.75 Å². The van der Waals surface area contributed by atoms with Crippen LogP contribution >= 0.6 is 0 Å². The summed E-state index contributed by atoms with van der Waals surface area (Å²) in [5.74, 6) is 0.685. The Morgan fingerprint density at radius 3 is 2.47 bits per heavy atom. The monoisotopic (exact) mass is 487 g/mol. The average Bonchev–Trinajstić information content (AvgIpc) is 3.39. The van der Waals surface area contributed by atoms with Crippen molar-refractivity contribution in [1.29, 1.82) is 0 Å². The van der Waals surface area contributed by atoms with E-state index in [-0.39, 0.29) is 18.0 Å². The highest BCUT2D eigenvalue weighted by molar-refractivity contribution is 6.05. The number of carbonyl (C=O) groups excluding carboxylic acids is 2. The Balaban J connectivity index is 1.30. The number of amides is 3. The van der Waals surface area contributed by atoms with Crippen molar-refractivity contribution in [3.05, 3.63) is 65.4 Å². The number of urea groups is 1. The molecule has 2 aromatic carbocycles. The normalized spacial score (nSPS) is 22.8. The van der Waals surface area contributed by atoms with Crippen LogP contribution in [0.1, 0.15) is 29.3 Å². The molecule has 6 rings (SSSR count). The average molecular weight is 488 g/mol. The maximum absolute atomic E-state index is 13.8. The summed E-state index contributed by atoms with van der Waals surface area (Å²) in [6.45, 7) is 5.56. The molecule has 2 atom stereocenters. The quantitative estimate of drug-likeness (QED) is 0.541. The SMILES string of the molecule is COc1ccc(C2c3[nH]c4ccccc4c3CC3C(=O)N(CCCN4CCN(C)CC4)C(=O)N32)cc1. The Labute approximate surface area is 211 Å². The molecule has 0 radical (unpaired) electrons. The van der Waals surface area contributed by atoms with Crippen LogP contribution in [0.4, 0.5) is 4.79 Å². The summed E-state index contributed by atoms with van der Waals surface area (Å²) in [7, 11) is 3.79. The van der Waals surface area contributed by atoms with Crippen LogP contribution in [-0.2, 0) is 11.2 Å². The van der Waals surface area contributed by atoms with Gasteiger partial charge in [-0.25, -0.2) is 4.79 Å². The van der Waals surface area contributed by atoms with Gasteiger partial charge < -0.3 is 19.5 Å². The third-order valence-corrected chi connectivity index (χ3v) is 8.02. The molecule has 3 aliphatic rings. The van der Waals surface area contributed by atoms with E-state index in [0.29, 0.717) is 13.0 Å². The van der Waals surface area contributed by atoms with Crippen molar-refractivity contribution in [2.75, 3.05) is 53.4 Å². The van der Waals surface area contributed by atoms with Gasteiger partial charge in [0.2, 0.25) is 0 Å². The van der Waals surface area contributed by atoms with Crippen LogP contribution in [0.5, 0.6) is 5.75 Å². The van der Waals surface area contributed by atoms with Gasteiger partial charge in [-0.1, -0.05) is 30.3 Å². The molecule has 1 N–H and O–H groups in total. The molecule has 3 aliphatic heterocycles. The first-order chi connectivity index (χ1) is 17.5. The van der Waals surface area contributed by atoms with Crippen LogP contribution in [0.3, 0.4) is 0 Å². The fraction of sp³-hybridized carbons (Fsp3) is 0.429. The van der Waals surface area contributed by atoms with E-state index in [2.05, 4.69) is 34.0 Å². The molecular formula is C28H33N5O3. The van der Waals surface area contributed by atoms with Gasteiger partial charge in [0.15, 0.2) is 0 Å². The van der Waals surface area contributed by atoms with Gasteiger partial charge in [0.05, 0.1) is 7.11 Å². The first-order valence-corrected chi connectivity index (χ1v) is 12.8. The standard InChI is InChI=1S/C28H33N5O3/c1-30-14-16-31(17-15-30)12-5-13-32-27(34)24-18-22-21-6-3-4-7-23(21)29-25(22)26(33(24)28(32)35)19-8-10-20(36-2)11-9-19/h3-4,6-11,24,26,29H,5,12-18H2,1-2H3. The summed E-state index contributed by atoms with van der Waals surface area (Å²) < 4.78 is 5.36. The van der Waals surface area contributed by atoms with E-state index in [9.17, 15) is 9.59 Å². The molecular weight excluding hydrogens is 454 g/mol. The zero-order valence-electron chi connectivity index (χ0n) is 20.9. The second kappa shape index (κ2) is 9.26. The molecule has 188 valence electrons. The minimum Gasteiger partial charge on any atom is -0.497 e. The number of aromatic nitrogens is 1. The molecule has 0 aliphatic carbocycles. The lowest BCUT2D eigenvalue weighted by Gasteiger charge is -2.36. The van der Waals surface area contributed by atoms with Crippen LogP contribution in [0, 0.1) is 0 Å². The summed E-state index contributed by atoms with van der Waals surface area (Å²) in [5, 5.41) is 1.12. The summed E-state index contributed by atoms with van der Waals surface area (Å²) in [6, 6.07) is 15.0. The van der Waals surface area contributed by atoms with Crippen molar-refractivity contribution < 1.29 is 14.3 Å². The molecule has 0 saturated carbocycles. The number of nitrogens with one attached hydrogen (secondary N) is 1. The Kier molecular flexibility index (Phi) is 5.93. The zero-order valence-corrected chi connectivity index (χ0v) is 20.9. The Hall–Kier alpha value is -3.36. The van der Waals surface area contributed by atoms with Gasteiger partial charge in [-0.2, -0.15) is 0 Å². The highest BCUT2D eigenvalue weighted by Crippen LogP contribution is 2.44. The van der Waals surface area contributed by atoms with Crippen LogP contribution in [0.25, 0.3) is 10.9 Å². The van der Waals surface area contributed by atoms with E-state index in [1.165, 1.54) is 4.90 Å². The summed E-state index contributed by atoms with van der Waals surface area (Å²) in [6.07, 6.45) is 1.33. The Bertz CT molecular complexity index is 1280. The van der Waals surface area contributed by atoms with Gasteiger partial charge in [0.1, 0.15) is 17.8 Å². The van der Waals surface area contributed by atoms with Gasteiger partial charge in [-0.15, -0.1) is 0 Å². The number of carbonyl (C=O) groups is 2. The van der Waals surface area contributed by atoms with Crippen LogP contribution < -0.4 is 4.74 Å². The molecule has 4 heterocycles. The number of imide groups is 1. The highest BCUT2D eigenvalue weighted by atomic mass is 16.5. The zero-order chi connectivity index (χ0) is 24.8. The fourth-order valence-electron chi connectivity index (χ4n) is 5.99. The third-order valence-electron chi connectivity index (χ3n) is 8.02. The van der Waals surface area contributed by atoms with Gasteiger partial charge in [0.25, 0.3) is 5.91 Å². The minimum atomic E-state index is -0.486.